The quantitative estimate of drug-likeness (QED) is 0.706. The predicted molar refractivity (Wildman–Crippen MR) is 92.6 cm³/mol. The molecule has 0 saturated carbocycles. The zero-order chi connectivity index (χ0) is 19.2. The van der Waals surface area contributed by atoms with Crippen molar-refractivity contribution < 1.29 is 28.8 Å². The molecule has 7 nitrogen and oxygen atoms in total. The van der Waals surface area contributed by atoms with Gasteiger partial charge >= 0.3 is 0 Å². The normalized spacial score (nSPS) is 27.9. The van der Waals surface area contributed by atoms with E-state index in [0.717, 1.165) is 5.56 Å². The fourth-order valence-electron chi connectivity index (χ4n) is 2.70. The summed E-state index contributed by atoms with van der Waals surface area (Å²) >= 11 is 0. The third-order valence-corrected chi connectivity index (χ3v) is 4.73. The molecule has 1 aromatic rings. The smallest absolute Gasteiger partial charge is 0.220 e. The van der Waals surface area contributed by atoms with E-state index in [-0.39, 0.29) is 12.5 Å². The molecule has 144 valence electrons. The van der Waals surface area contributed by atoms with Crippen LogP contribution < -0.4 is 0 Å². The Balaban J connectivity index is 2.12. The van der Waals surface area contributed by atoms with Gasteiger partial charge in [-0.3, -0.25) is 0 Å². The van der Waals surface area contributed by atoms with Crippen molar-refractivity contribution in [2.45, 2.75) is 50.8 Å². The topological polar surface area (TPSA) is 90.2 Å². The van der Waals surface area contributed by atoms with Crippen molar-refractivity contribution in [2.24, 2.45) is 5.92 Å². The molecule has 0 aliphatic carbocycles. The molecular weight excluding hydrogens is 338 g/mol. The third-order valence-electron chi connectivity index (χ3n) is 4.73. The van der Waals surface area contributed by atoms with Crippen molar-refractivity contribution in [1.82, 2.24) is 0 Å². The molecule has 2 rings (SSSR count). The lowest BCUT2D eigenvalue weighted by Gasteiger charge is -2.44. The molecular formula is C19H27NO6. The molecule has 0 radical (unpaired) electrons. The zero-order valence-electron chi connectivity index (χ0n) is 15.7. The van der Waals surface area contributed by atoms with Crippen molar-refractivity contribution >= 4 is 0 Å². The standard InChI is InChI=1S/C19H27NO6/c1-18(21,22-3)19(2,23-4)26-16-10-15(11-20)13-25-17(16)24-12-14-8-6-5-7-9-14/h5-9,15-17,21H,10,12-13H2,1-4H3. The van der Waals surface area contributed by atoms with Crippen molar-refractivity contribution in [2.75, 3.05) is 20.8 Å². The summed E-state index contributed by atoms with van der Waals surface area (Å²) < 4.78 is 28.1. The first-order chi connectivity index (χ1) is 12.3. The summed E-state index contributed by atoms with van der Waals surface area (Å²) in [5, 5.41) is 19.7. The predicted octanol–water partition coefficient (Wildman–Crippen LogP) is 2.19. The fraction of sp³-hybridized carbons (Fsp3) is 0.632. The number of aliphatic hydroxyl groups is 1. The van der Waals surface area contributed by atoms with Crippen molar-refractivity contribution in [3.63, 3.8) is 0 Å². The highest BCUT2D eigenvalue weighted by Crippen LogP contribution is 2.34. The average Bonchev–Trinajstić information content (AvgIpc) is 2.67. The molecule has 0 amide bonds. The molecule has 0 aromatic heterocycles. The fourth-order valence-corrected chi connectivity index (χ4v) is 2.70. The van der Waals surface area contributed by atoms with E-state index in [1.165, 1.54) is 21.1 Å². The van der Waals surface area contributed by atoms with Gasteiger partial charge in [-0.2, -0.15) is 5.26 Å². The molecule has 1 aromatic carbocycles. The first-order valence-electron chi connectivity index (χ1n) is 8.52. The highest BCUT2D eigenvalue weighted by Gasteiger charge is 2.49. The molecule has 5 atom stereocenters. The summed E-state index contributed by atoms with van der Waals surface area (Å²) in [6.07, 6.45) is -0.903. The van der Waals surface area contributed by atoms with Crippen LogP contribution in [-0.2, 0) is 30.3 Å². The van der Waals surface area contributed by atoms with Gasteiger partial charge in [0.2, 0.25) is 11.6 Å². The van der Waals surface area contributed by atoms with E-state index in [2.05, 4.69) is 6.07 Å². The van der Waals surface area contributed by atoms with Crippen LogP contribution in [0, 0.1) is 17.2 Å². The number of hydrogen-bond donors (Lipinski definition) is 1. The lowest BCUT2D eigenvalue weighted by molar-refractivity contribution is -0.401. The van der Waals surface area contributed by atoms with Gasteiger partial charge in [-0.05, 0) is 25.8 Å². The number of rotatable bonds is 8. The minimum absolute atomic E-state index is 0.264. The number of ether oxygens (including phenoxy) is 5. The summed E-state index contributed by atoms with van der Waals surface area (Å²) in [5.74, 6) is -3.50. The molecule has 1 fully saturated rings. The van der Waals surface area contributed by atoms with Crippen molar-refractivity contribution in [1.29, 1.82) is 5.26 Å². The summed E-state index contributed by atoms with van der Waals surface area (Å²) in [6, 6.07) is 11.9. The van der Waals surface area contributed by atoms with E-state index in [9.17, 15) is 10.4 Å². The second kappa shape index (κ2) is 8.91. The number of methoxy groups -OCH3 is 2. The lowest BCUT2D eigenvalue weighted by atomic mass is 9.99. The summed E-state index contributed by atoms with van der Waals surface area (Å²) in [5.41, 5.74) is 0.996. The van der Waals surface area contributed by atoms with Crippen LogP contribution in [0.3, 0.4) is 0 Å². The Labute approximate surface area is 154 Å². The van der Waals surface area contributed by atoms with E-state index in [4.69, 9.17) is 23.7 Å². The molecule has 1 saturated heterocycles. The molecule has 0 spiro atoms. The molecule has 7 heteroatoms. The van der Waals surface area contributed by atoms with Gasteiger partial charge in [0.25, 0.3) is 0 Å². The third kappa shape index (κ3) is 4.80. The Bertz CT molecular complexity index is 602. The van der Waals surface area contributed by atoms with E-state index in [1.807, 2.05) is 30.3 Å². The SMILES string of the molecule is COC(C)(O)C(C)(OC)OC1CC(C#N)COC1OCc1ccccc1. The van der Waals surface area contributed by atoms with Gasteiger partial charge in [-0.15, -0.1) is 0 Å². The highest BCUT2D eigenvalue weighted by atomic mass is 16.8. The van der Waals surface area contributed by atoms with E-state index in [0.29, 0.717) is 13.0 Å². The largest absolute Gasteiger partial charge is 0.362 e. The Morgan fingerprint density at radius 1 is 1.23 bits per heavy atom. The highest BCUT2D eigenvalue weighted by molar-refractivity contribution is 5.13. The van der Waals surface area contributed by atoms with Crippen molar-refractivity contribution in [3.05, 3.63) is 35.9 Å². The van der Waals surface area contributed by atoms with E-state index >= 15 is 0 Å². The minimum Gasteiger partial charge on any atom is -0.362 e. The monoisotopic (exact) mass is 365 g/mol. The van der Waals surface area contributed by atoms with Gasteiger partial charge in [-0.25, -0.2) is 0 Å². The molecule has 1 aliphatic rings. The van der Waals surface area contributed by atoms with Gasteiger partial charge in [-0.1, -0.05) is 30.3 Å². The second-order valence-corrected chi connectivity index (χ2v) is 6.55. The van der Waals surface area contributed by atoms with Crippen LogP contribution in [0.5, 0.6) is 0 Å². The number of hydrogen-bond acceptors (Lipinski definition) is 7. The lowest BCUT2D eigenvalue weighted by Crippen LogP contribution is -2.58. The Hall–Kier alpha value is -1.53. The summed E-state index contributed by atoms with van der Waals surface area (Å²) in [6.45, 7) is 3.62. The maximum Gasteiger partial charge on any atom is 0.220 e. The maximum atomic E-state index is 10.5. The summed E-state index contributed by atoms with van der Waals surface area (Å²) in [7, 11) is 2.78. The average molecular weight is 365 g/mol. The number of nitrogens with zero attached hydrogens (tertiary/aromatic N) is 1. The van der Waals surface area contributed by atoms with Crippen LogP contribution in [0.1, 0.15) is 25.8 Å². The van der Waals surface area contributed by atoms with Crippen LogP contribution in [0.25, 0.3) is 0 Å². The van der Waals surface area contributed by atoms with Gasteiger partial charge in [0, 0.05) is 14.2 Å². The summed E-state index contributed by atoms with van der Waals surface area (Å²) in [4.78, 5) is 0. The van der Waals surface area contributed by atoms with Crippen LogP contribution in [0.4, 0.5) is 0 Å². The van der Waals surface area contributed by atoms with Gasteiger partial charge in [0.05, 0.1) is 25.2 Å². The van der Waals surface area contributed by atoms with Crippen LogP contribution in [0.2, 0.25) is 0 Å². The van der Waals surface area contributed by atoms with E-state index in [1.54, 1.807) is 6.92 Å². The van der Waals surface area contributed by atoms with Gasteiger partial charge in [0.1, 0.15) is 6.10 Å². The van der Waals surface area contributed by atoms with Crippen LogP contribution in [0.15, 0.2) is 30.3 Å². The van der Waals surface area contributed by atoms with Crippen LogP contribution in [-0.4, -0.2) is 49.9 Å². The van der Waals surface area contributed by atoms with Crippen LogP contribution >= 0.6 is 0 Å². The van der Waals surface area contributed by atoms with Crippen molar-refractivity contribution in [3.8, 4) is 6.07 Å². The Morgan fingerprint density at radius 2 is 1.92 bits per heavy atom. The maximum absolute atomic E-state index is 10.5. The molecule has 1 heterocycles. The van der Waals surface area contributed by atoms with E-state index < -0.39 is 24.0 Å². The second-order valence-electron chi connectivity index (χ2n) is 6.55. The Morgan fingerprint density at radius 3 is 2.50 bits per heavy atom. The van der Waals surface area contributed by atoms with Gasteiger partial charge < -0.3 is 28.8 Å². The molecule has 1 aliphatic heterocycles. The minimum atomic E-state index is -1.70. The zero-order valence-corrected chi connectivity index (χ0v) is 15.7. The first kappa shape index (κ1) is 20.8. The van der Waals surface area contributed by atoms with Gasteiger partial charge in [0.15, 0.2) is 6.29 Å². The number of nitriles is 1. The Kier molecular flexibility index (Phi) is 7.12. The molecule has 26 heavy (non-hydrogen) atoms. The molecule has 5 unspecified atom stereocenters. The first-order valence-corrected chi connectivity index (χ1v) is 8.52. The number of benzene rings is 1. The molecule has 1 N–H and O–H groups in total. The molecule has 0 bridgehead atoms.